The number of hydrogen-bond acceptors (Lipinski definition) is 1. The minimum atomic E-state index is 0. The molecule has 0 aliphatic heterocycles. The van der Waals surface area contributed by atoms with Gasteiger partial charge >= 0.3 is 0 Å². The van der Waals surface area contributed by atoms with E-state index in [4.69, 9.17) is 0 Å². The Balaban J connectivity index is 0.00000161. The van der Waals surface area contributed by atoms with Crippen LogP contribution in [-0.2, 0) is 32.7 Å². The van der Waals surface area contributed by atoms with Gasteiger partial charge in [0.15, 0.2) is 0 Å². The van der Waals surface area contributed by atoms with Gasteiger partial charge in [0.1, 0.15) is 0 Å². The van der Waals surface area contributed by atoms with Gasteiger partial charge in [-0.25, -0.2) is 11.3 Å². The van der Waals surface area contributed by atoms with Crippen LogP contribution in [0, 0.1) is 54.5 Å². The van der Waals surface area contributed by atoms with E-state index in [1.54, 1.807) is 0 Å². The second-order valence-corrected chi connectivity index (χ2v) is 7.03. The molecule has 2 heteroatoms. The first-order valence-corrected chi connectivity index (χ1v) is 7.97. The summed E-state index contributed by atoms with van der Waals surface area (Å²) < 4.78 is 2.88. The molecule has 0 spiro atoms. The maximum absolute atomic E-state index is 3.52. The first-order valence-electron chi connectivity index (χ1n) is 7.16. The fraction of sp³-hybridized carbons (Fsp3) is 0.368. The maximum atomic E-state index is 3.52. The zero-order valence-corrected chi connectivity index (χ0v) is 17.6. The molecule has 1 heterocycles. The summed E-state index contributed by atoms with van der Waals surface area (Å²) >= 11 is 1.94. The van der Waals surface area contributed by atoms with Gasteiger partial charge in [-0.15, -0.1) is 16.5 Å². The zero-order valence-electron chi connectivity index (χ0n) is 14.0. The van der Waals surface area contributed by atoms with Crippen molar-refractivity contribution in [2.45, 2.75) is 48.5 Å². The normalized spacial score (nSPS) is 11.2. The van der Waals surface area contributed by atoms with Crippen molar-refractivity contribution < 1.29 is 32.7 Å². The molecule has 0 saturated carbocycles. The van der Waals surface area contributed by atoms with Crippen molar-refractivity contribution in [1.29, 1.82) is 0 Å². The molecular formula is C19H21SY-. The third-order valence-corrected chi connectivity index (χ3v) is 6.39. The van der Waals surface area contributed by atoms with Crippen molar-refractivity contribution in [3.63, 3.8) is 0 Å². The van der Waals surface area contributed by atoms with E-state index in [2.05, 4.69) is 54.5 Å². The molecule has 1 radical (unpaired) electrons. The fourth-order valence-corrected chi connectivity index (χ4v) is 4.64. The van der Waals surface area contributed by atoms with Gasteiger partial charge in [-0.05, 0) is 55.3 Å². The average Bonchev–Trinajstić information content (AvgIpc) is 2.81. The van der Waals surface area contributed by atoms with Crippen LogP contribution in [0.25, 0.3) is 20.2 Å². The largest absolute Gasteiger partial charge is 0.204 e. The number of aryl methyl sites for hydroxylation is 5. The molecule has 21 heavy (non-hydrogen) atoms. The van der Waals surface area contributed by atoms with Gasteiger partial charge in [0.25, 0.3) is 0 Å². The minimum absolute atomic E-state index is 0. The van der Waals surface area contributed by atoms with Crippen molar-refractivity contribution >= 4 is 31.5 Å². The van der Waals surface area contributed by atoms with E-state index in [0.717, 1.165) is 0 Å². The van der Waals surface area contributed by atoms with Crippen LogP contribution in [0.3, 0.4) is 0 Å². The number of hydrogen-bond donors (Lipinski definition) is 0. The van der Waals surface area contributed by atoms with Gasteiger partial charge in [-0.3, -0.25) is 0 Å². The molecule has 0 aliphatic rings. The molecule has 0 fully saturated rings. The first-order chi connectivity index (χ1) is 9.34. The van der Waals surface area contributed by atoms with E-state index >= 15 is 0 Å². The second kappa shape index (κ2) is 5.76. The van der Waals surface area contributed by atoms with Crippen molar-refractivity contribution in [3.8, 4) is 0 Å². The predicted octanol–water partition coefficient (Wildman–Crippen LogP) is 6.01. The molecule has 0 nitrogen and oxygen atoms in total. The molecule has 2 aromatic carbocycles. The third-order valence-electron chi connectivity index (χ3n) is 4.96. The predicted molar refractivity (Wildman–Crippen MR) is 91.3 cm³/mol. The molecule has 0 aliphatic carbocycles. The number of rotatable bonds is 0. The summed E-state index contributed by atoms with van der Waals surface area (Å²) in [6.45, 7) is 15.6. The minimum Gasteiger partial charge on any atom is -0.204 e. The van der Waals surface area contributed by atoms with Crippen LogP contribution in [0.1, 0.15) is 38.9 Å². The average molecular weight is 370 g/mol. The van der Waals surface area contributed by atoms with Crippen LogP contribution < -0.4 is 0 Å². The van der Waals surface area contributed by atoms with E-state index in [0.29, 0.717) is 0 Å². The second-order valence-electron chi connectivity index (χ2n) is 6.01. The van der Waals surface area contributed by atoms with Crippen LogP contribution in [0.5, 0.6) is 0 Å². The third kappa shape index (κ3) is 2.33. The first kappa shape index (κ1) is 17.1. The molecule has 0 atom stereocenters. The Morgan fingerprint density at radius 2 is 1.10 bits per heavy atom. The van der Waals surface area contributed by atoms with E-state index in [-0.39, 0.29) is 32.7 Å². The summed E-state index contributed by atoms with van der Waals surface area (Å²) in [4.78, 5) is 0. The SMILES string of the molecule is Cc1[c-]c(C)c2sc3c(C)c(C)c(C)c(C)c3c2c1C.[Y]. The van der Waals surface area contributed by atoms with Crippen molar-refractivity contribution in [2.24, 2.45) is 0 Å². The molecule has 0 saturated heterocycles. The number of thiophene rings is 1. The van der Waals surface area contributed by atoms with Crippen LogP contribution in [-0.4, -0.2) is 0 Å². The Hall–Kier alpha value is -0.236. The van der Waals surface area contributed by atoms with Gasteiger partial charge in [-0.2, -0.15) is 11.6 Å². The molecule has 0 unspecified atom stereocenters. The Morgan fingerprint density at radius 1 is 0.571 bits per heavy atom. The molecule has 1 aromatic heterocycles. The molecule has 0 amide bonds. The number of fused-ring (bicyclic) bond motifs is 3. The van der Waals surface area contributed by atoms with Crippen LogP contribution >= 0.6 is 11.3 Å². The van der Waals surface area contributed by atoms with Crippen molar-refractivity contribution in [1.82, 2.24) is 0 Å². The summed E-state index contributed by atoms with van der Waals surface area (Å²) in [6.07, 6.45) is 0. The summed E-state index contributed by atoms with van der Waals surface area (Å²) in [5, 5.41) is 2.94. The Kier molecular flexibility index (Phi) is 4.69. The molecule has 3 rings (SSSR count). The summed E-state index contributed by atoms with van der Waals surface area (Å²) in [6, 6.07) is 3.52. The van der Waals surface area contributed by atoms with Gasteiger partial charge in [0.2, 0.25) is 0 Å². The Labute approximate surface area is 156 Å². The smallest absolute Gasteiger partial charge is 0.0238 e. The topological polar surface area (TPSA) is 0 Å². The quantitative estimate of drug-likeness (QED) is 0.425. The van der Waals surface area contributed by atoms with E-state index in [1.807, 2.05) is 11.3 Å². The standard InChI is InChI=1S/C19H21S.Y/c1-9-8-10(2)18-16(11(9)3)17-14(6)12(4)13(5)15(7)19(17)20-18;/h1-7H3;/q-1;. The summed E-state index contributed by atoms with van der Waals surface area (Å²) in [5.41, 5.74) is 9.74. The van der Waals surface area contributed by atoms with Gasteiger partial charge in [0, 0.05) is 37.4 Å². The molecule has 0 bridgehead atoms. The fourth-order valence-electron chi connectivity index (χ4n) is 3.21. The van der Waals surface area contributed by atoms with Gasteiger partial charge in [0.05, 0.1) is 0 Å². The van der Waals surface area contributed by atoms with Crippen LogP contribution in [0.2, 0.25) is 0 Å². The van der Waals surface area contributed by atoms with E-state index in [1.165, 1.54) is 59.1 Å². The van der Waals surface area contributed by atoms with Gasteiger partial charge in [-0.1, -0.05) is 25.5 Å². The maximum Gasteiger partial charge on any atom is 0.0238 e. The molecule has 3 aromatic rings. The van der Waals surface area contributed by atoms with Gasteiger partial charge < -0.3 is 0 Å². The zero-order chi connectivity index (χ0) is 14.8. The Morgan fingerprint density at radius 3 is 1.71 bits per heavy atom. The molecule has 0 N–H and O–H groups in total. The van der Waals surface area contributed by atoms with Crippen LogP contribution in [0.4, 0.5) is 0 Å². The molecular weight excluding hydrogens is 349 g/mol. The van der Waals surface area contributed by atoms with Crippen molar-refractivity contribution in [3.05, 3.63) is 45.0 Å². The Bertz CT molecular complexity index is 869. The summed E-state index contributed by atoms with van der Waals surface area (Å²) in [7, 11) is 0. The van der Waals surface area contributed by atoms with Crippen molar-refractivity contribution in [2.75, 3.05) is 0 Å². The number of benzene rings is 2. The van der Waals surface area contributed by atoms with E-state index < -0.39 is 0 Å². The summed E-state index contributed by atoms with van der Waals surface area (Å²) in [5.74, 6) is 0. The van der Waals surface area contributed by atoms with Crippen LogP contribution in [0.15, 0.2) is 0 Å². The molecule has 107 valence electrons. The van der Waals surface area contributed by atoms with E-state index in [9.17, 15) is 0 Å². The monoisotopic (exact) mass is 370 g/mol.